The number of amides is 2. The van der Waals surface area contributed by atoms with Gasteiger partial charge in [0.25, 0.3) is 11.8 Å². The number of ether oxygens (including phenoxy) is 1. The van der Waals surface area contributed by atoms with Gasteiger partial charge >= 0.3 is 0 Å². The lowest BCUT2D eigenvalue weighted by Gasteiger charge is -2.39. The summed E-state index contributed by atoms with van der Waals surface area (Å²) >= 11 is 0. The molecule has 0 aliphatic carbocycles. The van der Waals surface area contributed by atoms with Crippen molar-refractivity contribution in [2.75, 3.05) is 26.2 Å². The molecule has 4 heterocycles. The first-order valence-electron chi connectivity index (χ1n) is 9.34. The second kappa shape index (κ2) is 6.75. The van der Waals surface area contributed by atoms with Crippen LogP contribution in [0.2, 0.25) is 0 Å². The molecule has 1 aromatic rings. The number of likely N-dealkylation sites (tertiary alicyclic amines) is 2. The Balaban J connectivity index is 1.34. The molecule has 3 aliphatic heterocycles. The van der Waals surface area contributed by atoms with Crippen LogP contribution in [0, 0.1) is 0 Å². The number of nitrogens with zero attached hydrogens (tertiary/aromatic N) is 3. The molecule has 1 atom stereocenters. The third kappa shape index (κ3) is 3.27. The summed E-state index contributed by atoms with van der Waals surface area (Å²) in [5, 5.41) is 0. The molecule has 2 amide bonds. The average Bonchev–Trinajstić information content (AvgIpc) is 3.33. The monoisotopic (exact) mass is 343 g/mol. The van der Waals surface area contributed by atoms with Gasteiger partial charge < -0.3 is 14.5 Å². The van der Waals surface area contributed by atoms with Gasteiger partial charge in [0.1, 0.15) is 11.8 Å². The van der Waals surface area contributed by atoms with E-state index < -0.39 is 0 Å². The SMILES string of the molecule is O=C(c1ccccn1)N1CCC2(CCC(C(=O)N3CCCC3)O2)CC1. The molecule has 0 bridgehead atoms. The minimum atomic E-state index is -0.281. The van der Waals surface area contributed by atoms with E-state index in [4.69, 9.17) is 4.74 Å². The summed E-state index contributed by atoms with van der Waals surface area (Å²) in [5.74, 6) is 0.152. The van der Waals surface area contributed by atoms with Crippen LogP contribution in [0.4, 0.5) is 0 Å². The zero-order chi connectivity index (χ0) is 17.3. The molecular weight excluding hydrogens is 318 g/mol. The van der Waals surface area contributed by atoms with Crippen molar-refractivity contribution in [3.63, 3.8) is 0 Å². The molecule has 1 aromatic heterocycles. The lowest BCUT2D eigenvalue weighted by molar-refractivity contribution is -0.149. The van der Waals surface area contributed by atoms with Gasteiger partial charge in [-0.05, 0) is 50.7 Å². The predicted molar refractivity (Wildman–Crippen MR) is 92.0 cm³/mol. The van der Waals surface area contributed by atoms with Crippen LogP contribution >= 0.6 is 0 Å². The highest BCUT2D eigenvalue weighted by atomic mass is 16.5. The molecule has 3 fully saturated rings. The molecule has 0 aromatic carbocycles. The molecule has 25 heavy (non-hydrogen) atoms. The van der Waals surface area contributed by atoms with Crippen molar-refractivity contribution in [1.82, 2.24) is 14.8 Å². The Hall–Kier alpha value is -1.95. The fraction of sp³-hybridized carbons (Fsp3) is 0.632. The molecule has 134 valence electrons. The Morgan fingerprint density at radius 1 is 1.04 bits per heavy atom. The van der Waals surface area contributed by atoms with Gasteiger partial charge in [0.15, 0.2) is 0 Å². The zero-order valence-electron chi connectivity index (χ0n) is 14.5. The topological polar surface area (TPSA) is 62.7 Å². The predicted octanol–water partition coefficient (Wildman–Crippen LogP) is 1.86. The summed E-state index contributed by atoms with van der Waals surface area (Å²) in [5.41, 5.74) is 0.272. The van der Waals surface area contributed by atoms with E-state index in [0.29, 0.717) is 18.8 Å². The van der Waals surface area contributed by atoms with Crippen LogP contribution in [0.25, 0.3) is 0 Å². The van der Waals surface area contributed by atoms with Gasteiger partial charge in [-0.1, -0.05) is 6.07 Å². The molecule has 6 nitrogen and oxygen atoms in total. The van der Waals surface area contributed by atoms with Crippen molar-refractivity contribution in [2.45, 2.75) is 50.2 Å². The number of hydrogen-bond donors (Lipinski definition) is 0. The van der Waals surface area contributed by atoms with E-state index in [-0.39, 0.29) is 23.5 Å². The molecule has 3 aliphatic rings. The van der Waals surface area contributed by atoms with Gasteiger partial charge in [0, 0.05) is 32.4 Å². The highest BCUT2D eigenvalue weighted by Crippen LogP contribution is 2.39. The van der Waals surface area contributed by atoms with Gasteiger partial charge in [-0.15, -0.1) is 0 Å². The van der Waals surface area contributed by atoms with Crippen molar-refractivity contribution in [3.05, 3.63) is 30.1 Å². The number of piperidine rings is 1. The van der Waals surface area contributed by atoms with Crippen molar-refractivity contribution >= 4 is 11.8 Å². The van der Waals surface area contributed by atoms with Crippen LogP contribution in [0.3, 0.4) is 0 Å². The first kappa shape index (κ1) is 16.5. The Bertz CT molecular complexity index is 635. The Labute approximate surface area is 148 Å². The lowest BCUT2D eigenvalue weighted by atomic mass is 9.88. The van der Waals surface area contributed by atoms with Crippen molar-refractivity contribution < 1.29 is 14.3 Å². The summed E-state index contributed by atoms with van der Waals surface area (Å²) in [4.78, 5) is 33.0. The molecule has 0 saturated carbocycles. The number of pyridine rings is 1. The zero-order valence-corrected chi connectivity index (χ0v) is 14.5. The maximum absolute atomic E-state index is 12.6. The Kier molecular flexibility index (Phi) is 4.46. The van der Waals surface area contributed by atoms with E-state index in [2.05, 4.69) is 4.98 Å². The Morgan fingerprint density at radius 2 is 1.80 bits per heavy atom. The Morgan fingerprint density at radius 3 is 2.48 bits per heavy atom. The third-order valence-corrected chi connectivity index (χ3v) is 5.79. The highest BCUT2D eigenvalue weighted by molar-refractivity contribution is 5.92. The normalized spacial score (nSPS) is 25.5. The van der Waals surface area contributed by atoms with Crippen LogP contribution in [0.15, 0.2) is 24.4 Å². The third-order valence-electron chi connectivity index (χ3n) is 5.79. The van der Waals surface area contributed by atoms with E-state index in [1.807, 2.05) is 21.9 Å². The quantitative estimate of drug-likeness (QED) is 0.822. The van der Waals surface area contributed by atoms with E-state index in [1.165, 1.54) is 0 Å². The van der Waals surface area contributed by atoms with Gasteiger partial charge in [-0.3, -0.25) is 14.6 Å². The maximum Gasteiger partial charge on any atom is 0.272 e. The van der Waals surface area contributed by atoms with Crippen molar-refractivity contribution in [2.24, 2.45) is 0 Å². The first-order valence-corrected chi connectivity index (χ1v) is 9.34. The van der Waals surface area contributed by atoms with Crippen LogP contribution in [-0.2, 0) is 9.53 Å². The van der Waals surface area contributed by atoms with Gasteiger partial charge in [0.05, 0.1) is 5.60 Å². The second-order valence-electron chi connectivity index (χ2n) is 7.37. The van der Waals surface area contributed by atoms with Gasteiger partial charge in [-0.25, -0.2) is 0 Å². The van der Waals surface area contributed by atoms with E-state index in [0.717, 1.165) is 51.6 Å². The lowest BCUT2D eigenvalue weighted by Crippen LogP contribution is -2.48. The molecule has 1 unspecified atom stereocenters. The molecule has 1 spiro atoms. The summed E-state index contributed by atoms with van der Waals surface area (Å²) in [7, 11) is 0. The minimum Gasteiger partial charge on any atom is -0.362 e. The number of hydrogen-bond acceptors (Lipinski definition) is 4. The largest absolute Gasteiger partial charge is 0.362 e. The first-order chi connectivity index (χ1) is 12.2. The van der Waals surface area contributed by atoms with Crippen LogP contribution in [-0.4, -0.2) is 64.5 Å². The van der Waals surface area contributed by atoms with Gasteiger partial charge in [-0.2, -0.15) is 0 Å². The average molecular weight is 343 g/mol. The van der Waals surface area contributed by atoms with E-state index in [1.54, 1.807) is 12.3 Å². The summed E-state index contributed by atoms with van der Waals surface area (Å²) < 4.78 is 6.25. The molecule has 4 rings (SSSR count). The number of carbonyl (C=O) groups excluding carboxylic acids is 2. The fourth-order valence-corrected chi connectivity index (χ4v) is 4.27. The molecule has 3 saturated heterocycles. The summed E-state index contributed by atoms with van der Waals surface area (Å²) in [6, 6.07) is 5.40. The highest BCUT2D eigenvalue weighted by Gasteiger charge is 2.46. The number of aromatic nitrogens is 1. The van der Waals surface area contributed by atoms with Crippen LogP contribution in [0.1, 0.15) is 49.0 Å². The van der Waals surface area contributed by atoms with Gasteiger partial charge in [0.2, 0.25) is 0 Å². The maximum atomic E-state index is 12.6. The van der Waals surface area contributed by atoms with Crippen LogP contribution in [0.5, 0.6) is 0 Å². The molecular formula is C19H25N3O3. The fourth-order valence-electron chi connectivity index (χ4n) is 4.27. The summed E-state index contributed by atoms with van der Waals surface area (Å²) in [6.07, 6.45) is 6.91. The van der Waals surface area contributed by atoms with Crippen LogP contribution < -0.4 is 0 Å². The minimum absolute atomic E-state index is 0.0156. The molecule has 0 radical (unpaired) electrons. The standard InChI is InChI=1S/C19H25N3O3/c23-17(15-5-1-2-10-20-15)22-13-8-19(9-14-22)7-6-16(25-19)18(24)21-11-3-4-12-21/h1-2,5,10,16H,3-4,6-9,11-14H2. The van der Waals surface area contributed by atoms with Crippen molar-refractivity contribution in [1.29, 1.82) is 0 Å². The smallest absolute Gasteiger partial charge is 0.272 e. The number of carbonyl (C=O) groups is 2. The second-order valence-corrected chi connectivity index (χ2v) is 7.37. The van der Waals surface area contributed by atoms with E-state index >= 15 is 0 Å². The summed E-state index contributed by atoms with van der Waals surface area (Å²) in [6.45, 7) is 3.08. The molecule has 6 heteroatoms. The van der Waals surface area contributed by atoms with E-state index in [9.17, 15) is 9.59 Å². The van der Waals surface area contributed by atoms with Crippen molar-refractivity contribution in [3.8, 4) is 0 Å². The molecule has 0 N–H and O–H groups in total. The number of rotatable bonds is 2.